The van der Waals surface area contributed by atoms with Gasteiger partial charge in [0.2, 0.25) is 5.91 Å². The van der Waals surface area contributed by atoms with Crippen LogP contribution in [0.3, 0.4) is 0 Å². The Bertz CT molecular complexity index is 715. The summed E-state index contributed by atoms with van der Waals surface area (Å²) >= 11 is 0. The third kappa shape index (κ3) is 3.31. The molecule has 21 heavy (non-hydrogen) atoms. The van der Waals surface area contributed by atoms with Gasteiger partial charge in [-0.05, 0) is 24.5 Å². The molecule has 108 valence electrons. The highest BCUT2D eigenvalue weighted by Crippen LogP contribution is 2.19. The highest BCUT2D eigenvalue weighted by Gasteiger charge is 2.05. The average molecular weight is 282 g/mol. The Hall–Kier alpha value is -2.56. The number of hydrogen-bond acceptors (Lipinski definition) is 2. The molecule has 3 N–H and O–H groups in total. The highest BCUT2D eigenvalue weighted by atomic mass is 16.1. The number of para-hydroxylation sites is 1. The minimum Gasteiger partial charge on any atom is -0.361 e. The molecule has 2 aromatic heterocycles. The van der Waals surface area contributed by atoms with Gasteiger partial charge in [-0.3, -0.25) is 9.89 Å². The molecular weight excluding hydrogens is 264 g/mol. The molecule has 0 spiro atoms. The first-order valence-corrected chi connectivity index (χ1v) is 7.12. The van der Waals surface area contributed by atoms with Crippen LogP contribution in [0.25, 0.3) is 10.9 Å². The predicted octanol–water partition coefficient (Wildman–Crippen LogP) is 2.53. The van der Waals surface area contributed by atoms with Crippen molar-refractivity contribution in [1.82, 2.24) is 20.5 Å². The number of aromatic nitrogens is 3. The molecule has 1 aromatic carbocycles. The van der Waals surface area contributed by atoms with Crippen LogP contribution >= 0.6 is 0 Å². The molecule has 0 saturated carbocycles. The number of carbonyl (C=O) groups is 1. The fourth-order valence-electron chi connectivity index (χ4n) is 2.44. The van der Waals surface area contributed by atoms with Gasteiger partial charge < -0.3 is 10.3 Å². The Morgan fingerprint density at radius 1 is 1.24 bits per heavy atom. The molecule has 5 heteroatoms. The van der Waals surface area contributed by atoms with E-state index in [1.54, 1.807) is 12.4 Å². The zero-order valence-corrected chi connectivity index (χ0v) is 11.7. The topological polar surface area (TPSA) is 73.6 Å². The Morgan fingerprint density at radius 3 is 3.00 bits per heavy atom. The lowest BCUT2D eigenvalue weighted by atomic mass is 10.1. The number of nitrogens with zero attached hydrogens (tertiary/aromatic N) is 1. The van der Waals surface area contributed by atoms with Crippen molar-refractivity contribution in [3.05, 3.63) is 54.0 Å². The van der Waals surface area contributed by atoms with E-state index in [0.29, 0.717) is 13.0 Å². The summed E-state index contributed by atoms with van der Waals surface area (Å²) in [4.78, 5) is 15.0. The number of fused-ring (bicyclic) bond motifs is 1. The van der Waals surface area contributed by atoms with Crippen LogP contribution < -0.4 is 5.32 Å². The zero-order chi connectivity index (χ0) is 14.5. The molecule has 0 atom stereocenters. The maximum Gasteiger partial charge on any atom is 0.220 e. The van der Waals surface area contributed by atoms with E-state index in [0.717, 1.165) is 23.9 Å². The van der Waals surface area contributed by atoms with E-state index < -0.39 is 0 Å². The number of benzene rings is 1. The van der Waals surface area contributed by atoms with E-state index in [4.69, 9.17) is 0 Å². The average Bonchev–Trinajstić information content (AvgIpc) is 3.15. The minimum absolute atomic E-state index is 0.0797. The number of aromatic amines is 2. The fraction of sp³-hybridized carbons (Fsp3) is 0.250. The maximum atomic E-state index is 11.8. The van der Waals surface area contributed by atoms with Crippen molar-refractivity contribution in [2.24, 2.45) is 0 Å². The van der Waals surface area contributed by atoms with Gasteiger partial charge in [-0.25, -0.2) is 0 Å². The van der Waals surface area contributed by atoms with Crippen molar-refractivity contribution in [2.45, 2.75) is 25.8 Å². The van der Waals surface area contributed by atoms with Crippen molar-refractivity contribution in [3.63, 3.8) is 0 Å². The lowest BCUT2D eigenvalue weighted by molar-refractivity contribution is -0.121. The third-order valence-corrected chi connectivity index (χ3v) is 3.57. The molecule has 0 saturated heterocycles. The van der Waals surface area contributed by atoms with Crippen LogP contribution in [0.5, 0.6) is 0 Å². The summed E-state index contributed by atoms with van der Waals surface area (Å²) in [5.74, 6) is 0.0797. The largest absolute Gasteiger partial charge is 0.361 e. The van der Waals surface area contributed by atoms with Crippen molar-refractivity contribution in [2.75, 3.05) is 0 Å². The van der Waals surface area contributed by atoms with E-state index in [1.165, 1.54) is 10.9 Å². The van der Waals surface area contributed by atoms with Gasteiger partial charge in [-0.1, -0.05) is 18.2 Å². The summed E-state index contributed by atoms with van der Waals surface area (Å²) in [6, 6.07) is 8.24. The van der Waals surface area contributed by atoms with E-state index in [2.05, 4.69) is 32.6 Å². The van der Waals surface area contributed by atoms with Gasteiger partial charge in [0.25, 0.3) is 0 Å². The number of rotatable bonds is 6. The second-order valence-corrected chi connectivity index (χ2v) is 5.10. The standard InChI is InChI=1S/C16H18N4O/c21-16(18-8-12-9-19-20-10-12)7-3-4-13-11-17-15-6-2-1-5-14(13)15/h1-2,5-6,9-11,17H,3-4,7-8H2,(H,18,21)(H,19,20). The third-order valence-electron chi connectivity index (χ3n) is 3.57. The molecule has 0 unspecified atom stereocenters. The summed E-state index contributed by atoms with van der Waals surface area (Å²) in [5, 5.41) is 10.7. The summed E-state index contributed by atoms with van der Waals surface area (Å²) < 4.78 is 0. The van der Waals surface area contributed by atoms with Crippen LogP contribution in [0, 0.1) is 0 Å². The fourth-order valence-corrected chi connectivity index (χ4v) is 2.44. The monoisotopic (exact) mass is 282 g/mol. The molecule has 0 bridgehead atoms. The molecule has 0 aliphatic carbocycles. The maximum absolute atomic E-state index is 11.8. The van der Waals surface area contributed by atoms with Gasteiger partial charge in [0.1, 0.15) is 0 Å². The molecule has 2 heterocycles. The second-order valence-electron chi connectivity index (χ2n) is 5.10. The lowest BCUT2D eigenvalue weighted by Gasteiger charge is -2.03. The van der Waals surface area contributed by atoms with Crippen molar-refractivity contribution in [1.29, 1.82) is 0 Å². The van der Waals surface area contributed by atoms with Crippen LogP contribution in [0.2, 0.25) is 0 Å². The molecule has 5 nitrogen and oxygen atoms in total. The lowest BCUT2D eigenvalue weighted by Crippen LogP contribution is -2.22. The first-order chi connectivity index (χ1) is 10.3. The number of H-pyrrole nitrogens is 2. The van der Waals surface area contributed by atoms with E-state index in [-0.39, 0.29) is 5.91 Å². The second kappa shape index (κ2) is 6.26. The Kier molecular flexibility index (Phi) is 4.00. The van der Waals surface area contributed by atoms with Gasteiger partial charge in [0.15, 0.2) is 0 Å². The molecular formula is C16H18N4O. The molecule has 0 aliphatic heterocycles. The number of amides is 1. The Morgan fingerprint density at radius 2 is 2.14 bits per heavy atom. The summed E-state index contributed by atoms with van der Waals surface area (Å²) in [6.07, 6.45) is 7.83. The summed E-state index contributed by atoms with van der Waals surface area (Å²) in [6.45, 7) is 0.530. The van der Waals surface area contributed by atoms with Crippen molar-refractivity contribution < 1.29 is 4.79 Å². The molecule has 0 radical (unpaired) electrons. The first-order valence-electron chi connectivity index (χ1n) is 7.12. The van der Waals surface area contributed by atoms with Crippen LogP contribution in [0.15, 0.2) is 42.9 Å². The zero-order valence-electron chi connectivity index (χ0n) is 11.7. The smallest absolute Gasteiger partial charge is 0.220 e. The first kappa shape index (κ1) is 13.4. The van der Waals surface area contributed by atoms with Gasteiger partial charge in [-0.15, -0.1) is 0 Å². The number of hydrogen-bond donors (Lipinski definition) is 3. The van der Waals surface area contributed by atoms with Crippen molar-refractivity contribution >= 4 is 16.8 Å². The SMILES string of the molecule is O=C(CCCc1c[nH]c2ccccc12)NCc1cn[nH]c1. The molecule has 1 amide bonds. The van der Waals surface area contributed by atoms with E-state index in [9.17, 15) is 4.79 Å². The van der Waals surface area contributed by atoms with Crippen molar-refractivity contribution in [3.8, 4) is 0 Å². The Labute approximate surface area is 122 Å². The summed E-state index contributed by atoms with van der Waals surface area (Å²) in [5.41, 5.74) is 3.41. The molecule has 0 aliphatic rings. The Balaban J connectivity index is 1.46. The van der Waals surface area contributed by atoms with Crippen LogP contribution in [-0.2, 0) is 17.8 Å². The van der Waals surface area contributed by atoms with E-state index in [1.807, 2.05) is 18.3 Å². The van der Waals surface area contributed by atoms with Gasteiger partial charge in [0.05, 0.1) is 6.20 Å². The van der Waals surface area contributed by atoms with Gasteiger partial charge in [-0.2, -0.15) is 5.10 Å². The molecule has 3 rings (SSSR count). The highest BCUT2D eigenvalue weighted by molar-refractivity contribution is 5.83. The quantitative estimate of drug-likeness (QED) is 0.650. The summed E-state index contributed by atoms with van der Waals surface area (Å²) in [7, 11) is 0. The number of carbonyl (C=O) groups excluding carboxylic acids is 1. The molecule has 3 aromatic rings. The van der Waals surface area contributed by atoms with Crippen LogP contribution in [0.1, 0.15) is 24.0 Å². The predicted molar refractivity (Wildman–Crippen MR) is 81.7 cm³/mol. The van der Waals surface area contributed by atoms with E-state index >= 15 is 0 Å². The van der Waals surface area contributed by atoms with Crippen LogP contribution in [-0.4, -0.2) is 21.1 Å². The number of aryl methyl sites for hydroxylation is 1. The minimum atomic E-state index is 0.0797. The number of nitrogens with one attached hydrogen (secondary N) is 3. The van der Waals surface area contributed by atoms with Gasteiger partial charge >= 0.3 is 0 Å². The van der Waals surface area contributed by atoms with Gasteiger partial charge in [0, 0.05) is 41.8 Å². The van der Waals surface area contributed by atoms with Crippen LogP contribution in [0.4, 0.5) is 0 Å². The normalized spacial score (nSPS) is 10.9. The molecule has 0 fully saturated rings.